The van der Waals surface area contributed by atoms with E-state index in [0.717, 1.165) is 36.9 Å². The van der Waals surface area contributed by atoms with Crippen molar-refractivity contribution >= 4 is 5.91 Å². The van der Waals surface area contributed by atoms with Crippen molar-refractivity contribution in [2.45, 2.75) is 45.2 Å². The lowest BCUT2D eigenvalue weighted by atomic mass is 10.1. The molecule has 1 unspecified atom stereocenters. The first-order valence-electron chi connectivity index (χ1n) is 6.82. The Hall–Kier alpha value is -1.35. The molecular weight excluding hydrogens is 224 g/mol. The molecule has 1 aromatic rings. The van der Waals surface area contributed by atoms with Crippen LogP contribution < -0.4 is 5.73 Å². The molecular formula is C15H22N2O. The van der Waals surface area contributed by atoms with Gasteiger partial charge >= 0.3 is 0 Å². The summed E-state index contributed by atoms with van der Waals surface area (Å²) >= 11 is 0. The van der Waals surface area contributed by atoms with Crippen molar-refractivity contribution < 1.29 is 4.79 Å². The van der Waals surface area contributed by atoms with Crippen molar-refractivity contribution in [2.24, 2.45) is 5.73 Å². The average Bonchev–Trinajstić information content (AvgIpc) is 2.87. The fourth-order valence-electron chi connectivity index (χ4n) is 2.73. The molecule has 2 N–H and O–H groups in total. The van der Waals surface area contributed by atoms with E-state index in [-0.39, 0.29) is 5.91 Å². The second kappa shape index (κ2) is 6.01. The lowest BCUT2D eigenvalue weighted by Gasteiger charge is -2.23. The van der Waals surface area contributed by atoms with Crippen LogP contribution in [0.4, 0.5) is 0 Å². The lowest BCUT2D eigenvalue weighted by Crippen LogP contribution is -2.36. The van der Waals surface area contributed by atoms with Crippen molar-refractivity contribution in [2.75, 3.05) is 6.54 Å². The van der Waals surface area contributed by atoms with Crippen LogP contribution in [0.25, 0.3) is 0 Å². The summed E-state index contributed by atoms with van der Waals surface area (Å²) in [7, 11) is 0. The van der Waals surface area contributed by atoms with E-state index in [9.17, 15) is 4.79 Å². The molecule has 18 heavy (non-hydrogen) atoms. The summed E-state index contributed by atoms with van der Waals surface area (Å²) in [5, 5.41) is 0. The molecule has 1 amide bonds. The zero-order valence-electron chi connectivity index (χ0n) is 11.1. The molecule has 3 heteroatoms. The number of nitrogens with zero attached hydrogens (tertiary/aromatic N) is 1. The molecule has 0 saturated carbocycles. The van der Waals surface area contributed by atoms with Gasteiger partial charge in [-0.25, -0.2) is 0 Å². The summed E-state index contributed by atoms with van der Waals surface area (Å²) in [6.45, 7) is 3.61. The minimum Gasteiger partial charge on any atom is -0.339 e. The maximum absolute atomic E-state index is 12.3. The summed E-state index contributed by atoms with van der Waals surface area (Å²) < 4.78 is 0. The minimum absolute atomic E-state index is 0.258. The van der Waals surface area contributed by atoms with Crippen LogP contribution in [0.2, 0.25) is 0 Å². The SMILES string of the molecule is CCC1CCCN1C(=O)Cc1cccc(CN)c1. The molecule has 0 bridgehead atoms. The van der Waals surface area contributed by atoms with Crippen molar-refractivity contribution in [3.8, 4) is 0 Å². The van der Waals surface area contributed by atoms with Crippen molar-refractivity contribution in [1.82, 2.24) is 4.90 Å². The van der Waals surface area contributed by atoms with Crippen LogP contribution in [0, 0.1) is 0 Å². The Kier molecular flexibility index (Phi) is 4.37. The monoisotopic (exact) mass is 246 g/mol. The number of nitrogens with two attached hydrogens (primary N) is 1. The van der Waals surface area contributed by atoms with Crippen LogP contribution in [0.3, 0.4) is 0 Å². The molecule has 1 aromatic carbocycles. The van der Waals surface area contributed by atoms with Gasteiger partial charge in [-0.2, -0.15) is 0 Å². The maximum atomic E-state index is 12.3. The second-order valence-electron chi connectivity index (χ2n) is 4.99. The van der Waals surface area contributed by atoms with Gasteiger partial charge in [-0.15, -0.1) is 0 Å². The van der Waals surface area contributed by atoms with Gasteiger partial charge in [-0.1, -0.05) is 31.2 Å². The first kappa shape index (κ1) is 13.1. The molecule has 1 fully saturated rings. The van der Waals surface area contributed by atoms with Crippen LogP contribution in [0.15, 0.2) is 24.3 Å². The van der Waals surface area contributed by atoms with E-state index in [1.165, 1.54) is 0 Å². The number of amides is 1. The van der Waals surface area contributed by atoms with Crippen LogP contribution >= 0.6 is 0 Å². The van der Waals surface area contributed by atoms with E-state index < -0.39 is 0 Å². The summed E-state index contributed by atoms with van der Waals surface area (Å²) in [6.07, 6.45) is 3.87. The van der Waals surface area contributed by atoms with E-state index in [2.05, 4.69) is 11.8 Å². The number of carbonyl (C=O) groups excluding carboxylic acids is 1. The van der Waals surface area contributed by atoms with Gasteiger partial charge in [0.1, 0.15) is 0 Å². The lowest BCUT2D eigenvalue weighted by molar-refractivity contribution is -0.131. The highest BCUT2D eigenvalue weighted by Crippen LogP contribution is 2.21. The number of carbonyl (C=O) groups is 1. The van der Waals surface area contributed by atoms with E-state index in [0.29, 0.717) is 19.0 Å². The molecule has 1 saturated heterocycles. The Labute approximate surface area is 109 Å². The highest BCUT2D eigenvalue weighted by molar-refractivity contribution is 5.79. The van der Waals surface area contributed by atoms with E-state index in [4.69, 9.17) is 5.73 Å². The molecule has 1 aliphatic heterocycles. The minimum atomic E-state index is 0.258. The summed E-state index contributed by atoms with van der Waals surface area (Å²) in [5.41, 5.74) is 7.79. The van der Waals surface area contributed by atoms with Gasteiger partial charge in [0, 0.05) is 19.1 Å². The molecule has 1 heterocycles. The van der Waals surface area contributed by atoms with Gasteiger partial charge in [-0.05, 0) is 30.4 Å². The van der Waals surface area contributed by atoms with Crippen LogP contribution in [0.1, 0.15) is 37.3 Å². The summed E-state index contributed by atoms with van der Waals surface area (Å²) in [5.74, 6) is 0.258. The van der Waals surface area contributed by atoms with E-state index in [1.54, 1.807) is 0 Å². The van der Waals surface area contributed by atoms with Gasteiger partial charge in [-0.3, -0.25) is 4.79 Å². The highest BCUT2D eigenvalue weighted by atomic mass is 16.2. The molecule has 98 valence electrons. The van der Waals surface area contributed by atoms with Gasteiger partial charge in [0.25, 0.3) is 0 Å². The van der Waals surface area contributed by atoms with Crippen LogP contribution in [0.5, 0.6) is 0 Å². The Morgan fingerprint density at radius 2 is 2.22 bits per heavy atom. The smallest absolute Gasteiger partial charge is 0.227 e. The number of benzene rings is 1. The van der Waals surface area contributed by atoms with Crippen molar-refractivity contribution in [3.63, 3.8) is 0 Å². The van der Waals surface area contributed by atoms with Crippen LogP contribution in [-0.2, 0) is 17.8 Å². The Morgan fingerprint density at radius 1 is 1.44 bits per heavy atom. The normalized spacial score (nSPS) is 19.2. The zero-order valence-corrected chi connectivity index (χ0v) is 11.1. The molecule has 0 aromatic heterocycles. The molecule has 3 nitrogen and oxygen atoms in total. The van der Waals surface area contributed by atoms with E-state index >= 15 is 0 Å². The predicted octanol–water partition coefficient (Wildman–Crippen LogP) is 2.09. The number of hydrogen-bond donors (Lipinski definition) is 1. The number of hydrogen-bond acceptors (Lipinski definition) is 2. The largest absolute Gasteiger partial charge is 0.339 e. The van der Waals surface area contributed by atoms with Gasteiger partial charge in [0.15, 0.2) is 0 Å². The van der Waals surface area contributed by atoms with E-state index in [1.807, 2.05) is 24.3 Å². The molecule has 0 aliphatic carbocycles. The molecule has 0 spiro atoms. The molecule has 1 atom stereocenters. The highest BCUT2D eigenvalue weighted by Gasteiger charge is 2.26. The maximum Gasteiger partial charge on any atom is 0.227 e. The first-order chi connectivity index (χ1) is 8.74. The topological polar surface area (TPSA) is 46.3 Å². The third kappa shape index (κ3) is 2.91. The molecule has 1 aliphatic rings. The molecule has 2 rings (SSSR count). The third-order valence-electron chi connectivity index (χ3n) is 3.75. The summed E-state index contributed by atoms with van der Waals surface area (Å²) in [4.78, 5) is 14.3. The molecule has 0 radical (unpaired) electrons. The predicted molar refractivity (Wildman–Crippen MR) is 73.1 cm³/mol. The summed E-state index contributed by atoms with van der Waals surface area (Å²) in [6, 6.07) is 8.48. The third-order valence-corrected chi connectivity index (χ3v) is 3.75. The average molecular weight is 246 g/mol. The van der Waals surface area contributed by atoms with Crippen molar-refractivity contribution in [1.29, 1.82) is 0 Å². The Morgan fingerprint density at radius 3 is 2.94 bits per heavy atom. The van der Waals surface area contributed by atoms with Crippen molar-refractivity contribution in [3.05, 3.63) is 35.4 Å². The number of likely N-dealkylation sites (tertiary alicyclic amines) is 1. The van der Waals surface area contributed by atoms with Gasteiger partial charge < -0.3 is 10.6 Å². The quantitative estimate of drug-likeness (QED) is 0.884. The van der Waals surface area contributed by atoms with Crippen LogP contribution in [-0.4, -0.2) is 23.4 Å². The fourth-order valence-corrected chi connectivity index (χ4v) is 2.73. The number of rotatable bonds is 4. The second-order valence-corrected chi connectivity index (χ2v) is 4.99. The van der Waals surface area contributed by atoms with Gasteiger partial charge in [0.2, 0.25) is 5.91 Å². The Balaban J connectivity index is 2.02. The Bertz CT molecular complexity index is 417. The first-order valence-corrected chi connectivity index (χ1v) is 6.82. The standard InChI is InChI=1S/C15H22N2O/c1-2-14-7-4-8-17(14)15(18)10-12-5-3-6-13(9-12)11-16/h3,5-6,9,14H,2,4,7-8,10-11,16H2,1H3. The fraction of sp³-hybridized carbons (Fsp3) is 0.533. The zero-order chi connectivity index (χ0) is 13.0. The van der Waals surface area contributed by atoms with Gasteiger partial charge in [0.05, 0.1) is 6.42 Å².